The largest absolute Gasteiger partial charge is 0.355 e. The second-order valence-electron chi connectivity index (χ2n) is 7.78. The monoisotopic (exact) mass is 388 g/mol. The quantitative estimate of drug-likeness (QED) is 0.867. The van der Waals surface area contributed by atoms with Gasteiger partial charge in [0.25, 0.3) is 11.5 Å². The van der Waals surface area contributed by atoms with Gasteiger partial charge >= 0.3 is 0 Å². The first-order chi connectivity index (χ1) is 13.3. The number of likely N-dealkylation sites (tertiary alicyclic amines) is 1. The molecule has 2 aliphatic rings. The summed E-state index contributed by atoms with van der Waals surface area (Å²) in [6.45, 7) is 3.16. The number of aromatic amines is 1. The van der Waals surface area contributed by atoms with E-state index in [1.165, 1.54) is 6.20 Å². The molecule has 9 heteroatoms. The SMILES string of the molecule is Cc1nc2cnc(N(C)C3CCN(C4CC(F)(F)C4)CC3)c(C#N)c2c(=O)[nH]1. The minimum Gasteiger partial charge on any atom is -0.355 e. The number of aryl methyl sites for hydroxylation is 1. The van der Waals surface area contributed by atoms with Gasteiger partial charge in [-0.25, -0.2) is 18.7 Å². The molecule has 1 aliphatic heterocycles. The van der Waals surface area contributed by atoms with Crippen LogP contribution in [0, 0.1) is 18.3 Å². The molecule has 0 radical (unpaired) electrons. The van der Waals surface area contributed by atoms with Crippen LogP contribution >= 0.6 is 0 Å². The average Bonchev–Trinajstić information content (AvgIpc) is 2.64. The summed E-state index contributed by atoms with van der Waals surface area (Å²) in [6, 6.07) is 2.22. The number of pyridine rings is 1. The Balaban J connectivity index is 1.54. The van der Waals surface area contributed by atoms with Crippen LogP contribution in [0.25, 0.3) is 10.9 Å². The van der Waals surface area contributed by atoms with Crippen LogP contribution in [-0.2, 0) is 0 Å². The van der Waals surface area contributed by atoms with Crippen molar-refractivity contribution >= 4 is 16.7 Å². The van der Waals surface area contributed by atoms with Crippen molar-refractivity contribution in [2.24, 2.45) is 0 Å². The molecule has 1 N–H and O–H groups in total. The number of nitrogens with zero attached hydrogens (tertiary/aromatic N) is 5. The lowest BCUT2D eigenvalue weighted by atomic mass is 9.85. The van der Waals surface area contributed by atoms with Crippen LogP contribution < -0.4 is 10.5 Å². The summed E-state index contributed by atoms with van der Waals surface area (Å²) < 4.78 is 26.3. The van der Waals surface area contributed by atoms with Crippen LogP contribution in [0.3, 0.4) is 0 Å². The van der Waals surface area contributed by atoms with Gasteiger partial charge in [0, 0.05) is 45.1 Å². The van der Waals surface area contributed by atoms with E-state index in [0.717, 1.165) is 25.9 Å². The molecular weight excluding hydrogens is 366 g/mol. The first kappa shape index (κ1) is 18.7. The molecule has 0 atom stereocenters. The Labute approximate surface area is 161 Å². The fraction of sp³-hybridized carbons (Fsp3) is 0.579. The van der Waals surface area contributed by atoms with Gasteiger partial charge in [-0.15, -0.1) is 0 Å². The highest BCUT2D eigenvalue weighted by atomic mass is 19.3. The van der Waals surface area contributed by atoms with Crippen molar-refractivity contribution in [1.29, 1.82) is 5.26 Å². The Morgan fingerprint density at radius 3 is 2.64 bits per heavy atom. The fourth-order valence-electron chi connectivity index (χ4n) is 4.31. The molecule has 7 nitrogen and oxygen atoms in total. The van der Waals surface area contributed by atoms with Gasteiger partial charge in [0.2, 0.25) is 0 Å². The van der Waals surface area contributed by atoms with E-state index in [-0.39, 0.29) is 41.4 Å². The molecule has 1 saturated carbocycles. The summed E-state index contributed by atoms with van der Waals surface area (Å²) in [5, 5.41) is 9.93. The van der Waals surface area contributed by atoms with Crippen molar-refractivity contribution in [2.45, 2.75) is 50.6 Å². The third-order valence-corrected chi connectivity index (χ3v) is 5.93. The van der Waals surface area contributed by atoms with Crippen molar-refractivity contribution in [2.75, 3.05) is 25.0 Å². The second kappa shape index (κ2) is 6.78. The fourth-order valence-corrected chi connectivity index (χ4v) is 4.31. The van der Waals surface area contributed by atoms with Gasteiger partial charge in [-0.05, 0) is 19.8 Å². The lowest BCUT2D eigenvalue weighted by molar-refractivity contribution is -0.127. The van der Waals surface area contributed by atoms with E-state index < -0.39 is 5.92 Å². The first-order valence-electron chi connectivity index (χ1n) is 9.43. The van der Waals surface area contributed by atoms with Crippen molar-refractivity contribution < 1.29 is 8.78 Å². The number of halogens is 2. The number of rotatable bonds is 3. The Bertz CT molecular complexity index is 998. The maximum atomic E-state index is 13.1. The highest BCUT2D eigenvalue weighted by Gasteiger charge is 2.48. The van der Waals surface area contributed by atoms with E-state index in [2.05, 4.69) is 25.9 Å². The van der Waals surface area contributed by atoms with Gasteiger partial charge in [-0.2, -0.15) is 5.26 Å². The highest BCUT2D eigenvalue weighted by molar-refractivity contribution is 5.87. The Kier molecular flexibility index (Phi) is 4.54. The molecule has 28 heavy (non-hydrogen) atoms. The van der Waals surface area contributed by atoms with Crippen LogP contribution in [-0.4, -0.2) is 58.0 Å². The number of fused-ring (bicyclic) bond motifs is 1. The maximum Gasteiger partial charge on any atom is 0.260 e. The van der Waals surface area contributed by atoms with Gasteiger partial charge in [0.15, 0.2) is 0 Å². The number of nitriles is 1. The zero-order chi connectivity index (χ0) is 20.1. The summed E-state index contributed by atoms with van der Waals surface area (Å²) in [5.74, 6) is -1.58. The molecule has 2 fully saturated rings. The zero-order valence-corrected chi connectivity index (χ0v) is 15.9. The molecule has 0 unspecified atom stereocenters. The number of anilines is 1. The molecular formula is C19H22F2N6O. The number of hydrogen-bond acceptors (Lipinski definition) is 6. The normalized spacial score (nSPS) is 20.7. The summed E-state index contributed by atoms with van der Waals surface area (Å²) in [7, 11) is 1.86. The third-order valence-electron chi connectivity index (χ3n) is 5.93. The van der Waals surface area contributed by atoms with Gasteiger partial charge in [0.1, 0.15) is 23.3 Å². The molecule has 0 bridgehead atoms. The van der Waals surface area contributed by atoms with Gasteiger partial charge in [-0.1, -0.05) is 0 Å². The van der Waals surface area contributed by atoms with Crippen LogP contribution in [0.2, 0.25) is 0 Å². The minimum absolute atomic E-state index is 0.0254. The molecule has 2 aromatic heterocycles. The Hall–Kier alpha value is -2.60. The summed E-state index contributed by atoms with van der Waals surface area (Å²) >= 11 is 0. The molecule has 3 heterocycles. The van der Waals surface area contributed by atoms with E-state index in [1.54, 1.807) is 6.92 Å². The van der Waals surface area contributed by atoms with Crippen molar-refractivity contribution in [3.05, 3.63) is 27.9 Å². The van der Waals surface area contributed by atoms with E-state index in [1.807, 2.05) is 11.9 Å². The Morgan fingerprint density at radius 1 is 1.36 bits per heavy atom. The van der Waals surface area contributed by atoms with Crippen LogP contribution in [0.4, 0.5) is 14.6 Å². The number of H-pyrrole nitrogens is 1. The van der Waals surface area contributed by atoms with Crippen molar-refractivity contribution in [3.8, 4) is 6.07 Å². The lowest BCUT2D eigenvalue weighted by Gasteiger charge is -2.46. The first-order valence-corrected chi connectivity index (χ1v) is 9.43. The number of alkyl halides is 2. The molecule has 0 aromatic carbocycles. The Morgan fingerprint density at radius 2 is 2.04 bits per heavy atom. The van der Waals surface area contributed by atoms with Crippen molar-refractivity contribution in [1.82, 2.24) is 19.9 Å². The zero-order valence-electron chi connectivity index (χ0n) is 15.9. The van der Waals surface area contributed by atoms with Crippen molar-refractivity contribution in [3.63, 3.8) is 0 Å². The van der Waals surface area contributed by atoms with Gasteiger partial charge in [-0.3, -0.25) is 9.69 Å². The number of piperidine rings is 1. The molecule has 2 aromatic rings. The smallest absolute Gasteiger partial charge is 0.260 e. The van der Waals surface area contributed by atoms with Crippen LogP contribution in [0.1, 0.15) is 37.1 Å². The molecule has 148 valence electrons. The van der Waals surface area contributed by atoms with E-state index in [0.29, 0.717) is 17.2 Å². The maximum absolute atomic E-state index is 13.1. The predicted octanol–water partition coefficient (Wildman–Crippen LogP) is 2.20. The second-order valence-corrected chi connectivity index (χ2v) is 7.78. The highest BCUT2D eigenvalue weighted by Crippen LogP contribution is 2.41. The number of hydrogen-bond donors (Lipinski definition) is 1. The topological polar surface area (TPSA) is 88.9 Å². The molecule has 0 amide bonds. The van der Waals surface area contributed by atoms with Crippen LogP contribution in [0.15, 0.2) is 11.0 Å². The number of nitrogens with one attached hydrogen (secondary N) is 1. The third kappa shape index (κ3) is 3.22. The molecule has 0 spiro atoms. The minimum atomic E-state index is -2.51. The van der Waals surface area contributed by atoms with E-state index in [4.69, 9.17) is 0 Å². The lowest BCUT2D eigenvalue weighted by Crippen LogP contribution is -2.55. The number of aromatic nitrogens is 3. The molecule has 1 aliphatic carbocycles. The molecule has 4 rings (SSSR count). The predicted molar refractivity (Wildman–Crippen MR) is 101 cm³/mol. The van der Waals surface area contributed by atoms with Crippen LogP contribution in [0.5, 0.6) is 0 Å². The average molecular weight is 388 g/mol. The standard InChI is InChI=1S/C19H22F2N6O/c1-11-24-15-10-23-17(14(9-22)16(15)18(28)25-11)26(2)12-3-5-27(6-4-12)13-7-19(20,21)8-13/h10,12-13H,3-8H2,1-2H3,(H,24,25,28). The van der Waals surface area contributed by atoms with Gasteiger partial charge in [0.05, 0.1) is 17.1 Å². The molecule has 1 saturated heterocycles. The van der Waals surface area contributed by atoms with Gasteiger partial charge < -0.3 is 9.88 Å². The summed E-state index contributed by atoms with van der Waals surface area (Å²) in [5.41, 5.74) is 0.266. The van der Waals surface area contributed by atoms with E-state index in [9.17, 15) is 18.8 Å². The summed E-state index contributed by atoms with van der Waals surface area (Å²) in [6.07, 6.45) is 3.02. The summed E-state index contributed by atoms with van der Waals surface area (Å²) in [4.78, 5) is 27.8. The van der Waals surface area contributed by atoms with E-state index >= 15 is 0 Å².